The molecule has 0 radical (unpaired) electrons. The summed E-state index contributed by atoms with van der Waals surface area (Å²) >= 11 is 0. The predicted octanol–water partition coefficient (Wildman–Crippen LogP) is 3.15. The van der Waals surface area contributed by atoms with E-state index in [1.807, 2.05) is 25.1 Å². The van der Waals surface area contributed by atoms with E-state index in [0.29, 0.717) is 24.0 Å². The molecule has 1 aliphatic rings. The van der Waals surface area contributed by atoms with E-state index in [2.05, 4.69) is 10.6 Å². The molecule has 1 atom stereocenters. The van der Waals surface area contributed by atoms with Gasteiger partial charge < -0.3 is 20.5 Å². The molecule has 1 aliphatic carbocycles. The Morgan fingerprint density at radius 1 is 1.32 bits per heavy atom. The van der Waals surface area contributed by atoms with E-state index in [0.717, 1.165) is 12.8 Å². The SMILES string of the molecule is CCOc1ccccc1NC(=O)NCC(O)C1CCCCC1. The Bertz CT molecular complexity index is 473. The lowest BCUT2D eigenvalue weighted by atomic mass is 9.85. The minimum Gasteiger partial charge on any atom is -0.492 e. The molecule has 5 heteroatoms. The van der Waals surface area contributed by atoms with Crippen molar-refractivity contribution in [3.05, 3.63) is 24.3 Å². The van der Waals surface area contributed by atoms with Crippen molar-refractivity contribution >= 4 is 11.7 Å². The highest BCUT2D eigenvalue weighted by atomic mass is 16.5. The van der Waals surface area contributed by atoms with Crippen molar-refractivity contribution in [2.75, 3.05) is 18.5 Å². The van der Waals surface area contributed by atoms with Crippen molar-refractivity contribution in [1.82, 2.24) is 5.32 Å². The number of rotatable bonds is 6. The van der Waals surface area contributed by atoms with E-state index >= 15 is 0 Å². The van der Waals surface area contributed by atoms with Crippen LogP contribution in [0.15, 0.2) is 24.3 Å². The van der Waals surface area contributed by atoms with Gasteiger partial charge in [0.1, 0.15) is 5.75 Å². The van der Waals surface area contributed by atoms with Crippen LogP contribution in [0.25, 0.3) is 0 Å². The molecular weight excluding hydrogens is 280 g/mol. The number of benzene rings is 1. The Kier molecular flexibility index (Phi) is 6.52. The summed E-state index contributed by atoms with van der Waals surface area (Å²) in [5.41, 5.74) is 0.633. The van der Waals surface area contributed by atoms with Crippen LogP contribution in [0.1, 0.15) is 39.0 Å². The largest absolute Gasteiger partial charge is 0.492 e. The first-order valence-corrected chi connectivity index (χ1v) is 8.15. The maximum Gasteiger partial charge on any atom is 0.319 e. The van der Waals surface area contributed by atoms with Crippen LogP contribution >= 0.6 is 0 Å². The Balaban J connectivity index is 1.80. The van der Waals surface area contributed by atoms with Crippen LogP contribution in [0.2, 0.25) is 0 Å². The molecule has 0 aliphatic heterocycles. The number of urea groups is 1. The second-order valence-corrected chi connectivity index (χ2v) is 5.73. The highest BCUT2D eigenvalue weighted by Crippen LogP contribution is 2.26. The monoisotopic (exact) mass is 306 g/mol. The number of hydrogen-bond acceptors (Lipinski definition) is 3. The summed E-state index contributed by atoms with van der Waals surface area (Å²) in [6.07, 6.45) is 5.25. The number of ether oxygens (including phenoxy) is 1. The smallest absolute Gasteiger partial charge is 0.319 e. The van der Waals surface area contributed by atoms with Crippen molar-refractivity contribution in [1.29, 1.82) is 0 Å². The Labute approximate surface area is 132 Å². The molecule has 5 nitrogen and oxygen atoms in total. The van der Waals surface area contributed by atoms with Gasteiger partial charge in [-0.25, -0.2) is 4.79 Å². The maximum atomic E-state index is 12.0. The van der Waals surface area contributed by atoms with Gasteiger partial charge in [0.25, 0.3) is 0 Å². The molecule has 3 N–H and O–H groups in total. The molecule has 22 heavy (non-hydrogen) atoms. The first kappa shape index (κ1) is 16.6. The molecule has 1 saturated carbocycles. The van der Waals surface area contributed by atoms with Crippen molar-refractivity contribution in [2.45, 2.75) is 45.1 Å². The lowest BCUT2D eigenvalue weighted by molar-refractivity contribution is 0.0863. The van der Waals surface area contributed by atoms with E-state index in [-0.39, 0.29) is 12.6 Å². The van der Waals surface area contributed by atoms with Crippen LogP contribution in [0.5, 0.6) is 5.75 Å². The predicted molar refractivity (Wildman–Crippen MR) is 87.2 cm³/mol. The number of hydrogen-bond donors (Lipinski definition) is 3. The molecule has 1 aromatic rings. The topological polar surface area (TPSA) is 70.6 Å². The molecule has 122 valence electrons. The first-order chi connectivity index (χ1) is 10.7. The second kappa shape index (κ2) is 8.63. The third kappa shape index (κ3) is 4.91. The average Bonchev–Trinajstić information content (AvgIpc) is 2.55. The molecular formula is C17H26N2O3. The Morgan fingerprint density at radius 2 is 2.05 bits per heavy atom. The molecule has 0 aromatic heterocycles. The molecule has 2 rings (SSSR count). The Morgan fingerprint density at radius 3 is 2.77 bits per heavy atom. The van der Waals surface area contributed by atoms with E-state index in [4.69, 9.17) is 4.74 Å². The van der Waals surface area contributed by atoms with Crippen molar-refractivity contribution in [3.8, 4) is 5.75 Å². The van der Waals surface area contributed by atoms with E-state index in [9.17, 15) is 9.90 Å². The number of aliphatic hydroxyl groups is 1. The molecule has 1 unspecified atom stereocenters. The van der Waals surface area contributed by atoms with Gasteiger partial charge in [-0.2, -0.15) is 0 Å². The summed E-state index contributed by atoms with van der Waals surface area (Å²) in [7, 11) is 0. The molecule has 1 aromatic carbocycles. The zero-order valence-corrected chi connectivity index (χ0v) is 13.2. The van der Waals surface area contributed by atoms with Gasteiger partial charge in [-0.1, -0.05) is 31.4 Å². The molecule has 0 saturated heterocycles. The summed E-state index contributed by atoms with van der Waals surface area (Å²) in [4.78, 5) is 12.0. The fourth-order valence-electron chi connectivity index (χ4n) is 2.90. The third-order valence-corrected chi connectivity index (χ3v) is 4.10. The number of aliphatic hydroxyl groups excluding tert-OH is 1. The van der Waals surface area contributed by atoms with E-state index in [1.165, 1.54) is 19.3 Å². The minimum absolute atomic E-state index is 0.285. The molecule has 0 spiro atoms. The van der Waals surface area contributed by atoms with Gasteiger partial charge in [-0.3, -0.25) is 0 Å². The van der Waals surface area contributed by atoms with Crippen LogP contribution in [0, 0.1) is 5.92 Å². The fraction of sp³-hybridized carbons (Fsp3) is 0.588. The van der Waals surface area contributed by atoms with E-state index < -0.39 is 6.10 Å². The molecule has 0 heterocycles. The average molecular weight is 306 g/mol. The van der Waals surface area contributed by atoms with Gasteiger partial charge in [0.2, 0.25) is 0 Å². The van der Waals surface area contributed by atoms with Crippen LogP contribution in [0.4, 0.5) is 10.5 Å². The number of anilines is 1. The van der Waals surface area contributed by atoms with Gasteiger partial charge >= 0.3 is 6.03 Å². The highest BCUT2D eigenvalue weighted by molar-refractivity contribution is 5.90. The summed E-state index contributed by atoms with van der Waals surface area (Å²) < 4.78 is 5.47. The molecule has 2 amide bonds. The van der Waals surface area contributed by atoms with Gasteiger partial charge in [0.05, 0.1) is 18.4 Å². The maximum absolute atomic E-state index is 12.0. The molecule has 0 bridgehead atoms. The summed E-state index contributed by atoms with van der Waals surface area (Å²) in [6.45, 7) is 2.73. The van der Waals surface area contributed by atoms with Gasteiger partial charge in [-0.15, -0.1) is 0 Å². The third-order valence-electron chi connectivity index (χ3n) is 4.10. The number of amides is 2. The van der Waals surface area contributed by atoms with Crippen molar-refractivity contribution in [3.63, 3.8) is 0 Å². The minimum atomic E-state index is -0.465. The number of nitrogens with one attached hydrogen (secondary N) is 2. The summed E-state index contributed by atoms with van der Waals surface area (Å²) in [5, 5.41) is 15.7. The standard InChI is InChI=1S/C17H26N2O3/c1-2-22-16-11-7-6-10-14(16)19-17(21)18-12-15(20)13-8-4-3-5-9-13/h6-7,10-11,13,15,20H,2-5,8-9,12H2,1H3,(H2,18,19,21). The van der Waals surface area contributed by atoms with Gasteiger partial charge in [0.15, 0.2) is 0 Å². The zero-order valence-electron chi connectivity index (χ0n) is 13.2. The van der Waals surface area contributed by atoms with E-state index in [1.54, 1.807) is 6.07 Å². The van der Waals surface area contributed by atoms with Gasteiger partial charge in [0, 0.05) is 6.54 Å². The highest BCUT2D eigenvalue weighted by Gasteiger charge is 2.22. The number of para-hydroxylation sites is 2. The molecule has 1 fully saturated rings. The van der Waals surface area contributed by atoms with Crippen LogP contribution < -0.4 is 15.4 Å². The quantitative estimate of drug-likeness (QED) is 0.756. The van der Waals surface area contributed by atoms with Crippen LogP contribution in [-0.4, -0.2) is 30.4 Å². The van der Waals surface area contributed by atoms with Crippen LogP contribution in [-0.2, 0) is 0 Å². The lowest BCUT2D eigenvalue weighted by Gasteiger charge is -2.26. The number of carbonyl (C=O) groups excluding carboxylic acids is 1. The summed E-state index contributed by atoms with van der Waals surface area (Å²) in [5.74, 6) is 0.956. The lowest BCUT2D eigenvalue weighted by Crippen LogP contribution is -2.39. The number of carbonyl (C=O) groups is 1. The summed E-state index contributed by atoms with van der Waals surface area (Å²) in [6, 6.07) is 7.00. The first-order valence-electron chi connectivity index (χ1n) is 8.15. The van der Waals surface area contributed by atoms with Crippen molar-refractivity contribution in [2.24, 2.45) is 5.92 Å². The van der Waals surface area contributed by atoms with Gasteiger partial charge in [-0.05, 0) is 37.8 Å². The normalized spacial score (nSPS) is 16.8. The van der Waals surface area contributed by atoms with Crippen molar-refractivity contribution < 1.29 is 14.6 Å². The second-order valence-electron chi connectivity index (χ2n) is 5.73. The Hall–Kier alpha value is -1.75. The van der Waals surface area contributed by atoms with Crippen LogP contribution in [0.3, 0.4) is 0 Å². The zero-order chi connectivity index (χ0) is 15.8. The fourth-order valence-corrected chi connectivity index (χ4v) is 2.90.